The van der Waals surface area contributed by atoms with Crippen molar-refractivity contribution in [2.75, 3.05) is 13.7 Å². The zero-order valence-corrected chi connectivity index (χ0v) is 12.0. The number of ether oxygens (including phenoxy) is 1. The van der Waals surface area contributed by atoms with Crippen molar-refractivity contribution in [2.24, 2.45) is 5.41 Å². The third-order valence-electron chi connectivity index (χ3n) is 2.60. The number of rotatable bonds is 6. The summed E-state index contributed by atoms with van der Waals surface area (Å²) >= 11 is 0. The number of esters is 1. The Balaban J connectivity index is 2.33. The van der Waals surface area contributed by atoms with E-state index in [4.69, 9.17) is 4.42 Å². The van der Waals surface area contributed by atoms with E-state index in [9.17, 15) is 9.90 Å². The third kappa shape index (κ3) is 5.89. The van der Waals surface area contributed by atoms with Crippen LogP contribution >= 0.6 is 0 Å². The Hall–Kier alpha value is -1.33. The van der Waals surface area contributed by atoms with Crippen LogP contribution in [0.5, 0.6) is 0 Å². The van der Waals surface area contributed by atoms with E-state index in [0.717, 1.165) is 6.42 Å². The molecule has 0 fully saturated rings. The molecule has 108 valence electrons. The van der Waals surface area contributed by atoms with Gasteiger partial charge in [-0.15, -0.1) is 0 Å². The topological polar surface area (TPSA) is 71.7 Å². The first-order chi connectivity index (χ1) is 8.81. The fourth-order valence-electron chi connectivity index (χ4n) is 1.84. The number of nitrogens with one attached hydrogen (secondary N) is 1. The summed E-state index contributed by atoms with van der Waals surface area (Å²) < 4.78 is 9.81. The molecule has 0 saturated heterocycles. The molecule has 1 aromatic rings. The van der Waals surface area contributed by atoms with Crippen molar-refractivity contribution in [2.45, 2.75) is 39.8 Å². The summed E-state index contributed by atoms with van der Waals surface area (Å²) in [6.07, 6.45) is 1.70. The van der Waals surface area contributed by atoms with Gasteiger partial charge in [0.15, 0.2) is 0 Å². The Morgan fingerprint density at radius 2 is 2.21 bits per heavy atom. The molecular formula is C14H23NO4. The van der Waals surface area contributed by atoms with E-state index in [1.54, 1.807) is 6.07 Å². The average molecular weight is 269 g/mol. The quantitative estimate of drug-likeness (QED) is 0.772. The molecule has 1 atom stereocenters. The number of carbonyl (C=O) groups excluding carboxylic acids is 1. The predicted octanol–water partition coefficient (Wildman–Crippen LogP) is 1.95. The van der Waals surface area contributed by atoms with Gasteiger partial charge in [0.05, 0.1) is 25.3 Å². The SMILES string of the molecule is COC(=O)c1coc(CNCC(O)CC(C)(C)C)c1. The maximum absolute atomic E-state index is 11.2. The molecule has 0 spiro atoms. The van der Waals surface area contributed by atoms with E-state index >= 15 is 0 Å². The summed E-state index contributed by atoms with van der Waals surface area (Å²) in [7, 11) is 1.33. The van der Waals surface area contributed by atoms with Gasteiger partial charge in [0.25, 0.3) is 0 Å². The second-order valence-electron chi connectivity index (χ2n) is 5.84. The lowest BCUT2D eigenvalue weighted by Crippen LogP contribution is -2.29. The number of hydrogen-bond acceptors (Lipinski definition) is 5. The molecule has 1 unspecified atom stereocenters. The first-order valence-corrected chi connectivity index (χ1v) is 6.36. The van der Waals surface area contributed by atoms with E-state index in [-0.39, 0.29) is 5.41 Å². The summed E-state index contributed by atoms with van der Waals surface area (Å²) in [5.41, 5.74) is 0.499. The standard InChI is InChI=1S/C14H23NO4/c1-14(2,3)6-11(16)7-15-8-12-5-10(9-19-12)13(17)18-4/h5,9,11,15-16H,6-8H2,1-4H3. The smallest absolute Gasteiger partial charge is 0.341 e. The van der Waals surface area contributed by atoms with Crippen LogP contribution in [0, 0.1) is 5.41 Å². The van der Waals surface area contributed by atoms with Crippen molar-refractivity contribution in [3.05, 3.63) is 23.7 Å². The summed E-state index contributed by atoms with van der Waals surface area (Å²) in [6.45, 7) is 7.23. The average Bonchev–Trinajstić information content (AvgIpc) is 2.74. The van der Waals surface area contributed by atoms with Crippen molar-refractivity contribution in [1.29, 1.82) is 0 Å². The van der Waals surface area contributed by atoms with Crippen LogP contribution in [-0.2, 0) is 11.3 Å². The summed E-state index contributed by atoms with van der Waals surface area (Å²) in [5.74, 6) is 0.228. The van der Waals surface area contributed by atoms with E-state index in [1.165, 1.54) is 13.4 Å². The first kappa shape index (κ1) is 15.7. The number of methoxy groups -OCH3 is 1. The van der Waals surface area contributed by atoms with Gasteiger partial charge in [-0.05, 0) is 17.9 Å². The van der Waals surface area contributed by atoms with Crippen molar-refractivity contribution >= 4 is 5.97 Å². The molecule has 0 saturated carbocycles. The Bertz CT molecular complexity index is 406. The van der Waals surface area contributed by atoms with Crippen LogP contribution in [0.3, 0.4) is 0 Å². The summed E-state index contributed by atoms with van der Waals surface area (Å²) in [4.78, 5) is 11.2. The van der Waals surface area contributed by atoms with E-state index in [1.807, 2.05) is 0 Å². The molecule has 5 nitrogen and oxygen atoms in total. The molecule has 0 aromatic carbocycles. The monoisotopic (exact) mass is 269 g/mol. The fourth-order valence-corrected chi connectivity index (χ4v) is 1.84. The highest BCUT2D eigenvalue weighted by molar-refractivity contribution is 5.88. The molecule has 5 heteroatoms. The van der Waals surface area contributed by atoms with Crippen LogP contribution in [0.25, 0.3) is 0 Å². The van der Waals surface area contributed by atoms with Crippen LogP contribution in [0.1, 0.15) is 43.3 Å². The van der Waals surface area contributed by atoms with Gasteiger partial charge in [-0.25, -0.2) is 4.79 Å². The minimum Gasteiger partial charge on any atom is -0.467 e. The van der Waals surface area contributed by atoms with Gasteiger partial charge in [0.1, 0.15) is 12.0 Å². The number of carbonyl (C=O) groups is 1. The molecule has 0 aliphatic heterocycles. The second kappa shape index (κ2) is 6.73. The number of aliphatic hydroxyl groups excluding tert-OH is 1. The highest BCUT2D eigenvalue weighted by Crippen LogP contribution is 2.20. The number of furan rings is 1. The molecular weight excluding hydrogens is 246 g/mol. The van der Waals surface area contributed by atoms with Gasteiger partial charge in [0, 0.05) is 6.54 Å². The minimum atomic E-state index is -0.414. The maximum Gasteiger partial charge on any atom is 0.341 e. The predicted molar refractivity (Wildman–Crippen MR) is 71.8 cm³/mol. The molecule has 0 aliphatic carbocycles. The molecule has 0 amide bonds. The molecule has 0 aliphatic rings. The molecule has 1 aromatic heterocycles. The molecule has 0 bridgehead atoms. The number of hydrogen-bond donors (Lipinski definition) is 2. The molecule has 19 heavy (non-hydrogen) atoms. The first-order valence-electron chi connectivity index (χ1n) is 6.36. The second-order valence-corrected chi connectivity index (χ2v) is 5.84. The lowest BCUT2D eigenvalue weighted by molar-refractivity contribution is 0.0600. The molecule has 1 heterocycles. The van der Waals surface area contributed by atoms with Crippen molar-refractivity contribution in [3.63, 3.8) is 0 Å². The van der Waals surface area contributed by atoms with Crippen LogP contribution in [0.2, 0.25) is 0 Å². The lowest BCUT2D eigenvalue weighted by atomic mass is 9.89. The third-order valence-corrected chi connectivity index (χ3v) is 2.60. The van der Waals surface area contributed by atoms with Crippen LogP contribution < -0.4 is 5.32 Å². The highest BCUT2D eigenvalue weighted by atomic mass is 16.5. The van der Waals surface area contributed by atoms with E-state index < -0.39 is 12.1 Å². The van der Waals surface area contributed by atoms with Crippen molar-refractivity contribution in [1.82, 2.24) is 5.32 Å². The molecule has 2 N–H and O–H groups in total. The van der Waals surface area contributed by atoms with E-state index in [2.05, 4.69) is 30.8 Å². The highest BCUT2D eigenvalue weighted by Gasteiger charge is 2.16. The van der Waals surface area contributed by atoms with Crippen LogP contribution in [-0.4, -0.2) is 30.8 Å². The minimum absolute atomic E-state index is 0.101. The molecule has 1 rings (SSSR count). The zero-order valence-electron chi connectivity index (χ0n) is 12.0. The van der Waals surface area contributed by atoms with Gasteiger partial charge in [-0.2, -0.15) is 0 Å². The Morgan fingerprint density at radius 1 is 1.53 bits per heavy atom. The van der Waals surface area contributed by atoms with Gasteiger partial charge in [0.2, 0.25) is 0 Å². The van der Waals surface area contributed by atoms with Gasteiger partial charge < -0.3 is 19.6 Å². The lowest BCUT2D eigenvalue weighted by Gasteiger charge is -2.22. The van der Waals surface area contributed by atoms with Crippen LogP contribution in [0.4, 0.5) is 0 Å². The van der Waals surface area contributed by atoms with Crippen molar-refractivity contribution in [3.8, 4) is 0 Å². The van der Waals surface area contributed by atoms with Crippen LogP contribution in [0.15, 0.2) is 16.7 Å². The Labute approximate surface area is 113 Å². The Kier molecular flexibility index (Phi) is 5.57. The van der Waals surface area contributed by atoms with E-state index in [0.29, 0.717) is 24.4 Å². The Morgan fingerprint density at radius 3 is 2.79 bits per heavy atom. The largest absolute Gasteiger partial charge is 0.467 e. The molecule has 0 radical (unpaired) electrons. The van der Waals surface area contributed by atoms with Gasteiger partial charge in [-0.3, -0.25) is 0 Å². The summed E-state index contributed by atoms with van der Waals surface area (Å²) in [6, 6.07) is 1.63. The normalized spacial score (nSPS) is 13.3. The van der Waals surface area contributed by atoms with Gasteiger partial charge in [-0.1, -0.05) is 20.8 Å². The zero-order chi connectivity index (χ0) is 14.5. The van der Waals surface area contributed by atoms with Gasteiger partial charge >= 0.3 is 5.97 Å². The summed E-state index contributed by atoms with van der Waals surface area (Å²) in [5, 5.41) is 12.9. The number of aliphatic hydroxyl groups is 1. The fraction of sp³-hybridized carbons (Fsp3) is 0.643. The van der Waals surface area contributed by atoms with Crippen molar-refractivity contribution < 1.29 is 19.1 Å². The maximum atomic E-state index is 11.2.